The number of rotatable bonds is 0. The Hall–Kier alpha value is 1.40. The summed E-state index contributed by atoms with van der Waals surface area (Å²) in [7, 11) is 0. The molecule has 1 aliphatic heterocycles. The number of hydrogen-bond donors (Lipinski definition) is 0. The largest absolute Gasteiger partial charge is 0.377 e. The van der Waals surface area contributed by atoms with Gasteiger partial charge in [-0.3, -0.25) is 0 Å². The first kappa shape index (κ1) is 20.4. The molecule has 0 amide bonds. The van der Waals surface area contributed by atoms with Gasteiger partial charge in [-0.15, -0.1) is 0 Å². The van der Waals surface area contributed by atoms with Crippen molar-refractivity contribution < 1.29 is 28.4 Å². The van der Waals surface area contributed by atoms with E-state index in [0.717, 1.165) is 0 Å². The van der Waals surface area contributed by atoms with Crippen LogP contribution in [0.15, 0.2) is 0 Å². The van der Waals surface area contributed by atoms with Crippen molar-refractivity contribution in [1.29, 1.82) is 0 Å². The topological polar surface area (TPSA) is 55.4 Å². The summed E-state index contributed by atoms with van der Waals surface area (Å²) in [5.74, 6) is 0. The summed E-state index contributed by atoms with van der Waals surface area (Å²) in [6.07, 6.45) is 0. The van der Waals surface area contributed by atoms with E-state index in [1.54, 1.807) is 0 Å². The first-order valence-corrected chi connectivity index (χ1v) is 6.46. The van der Waals surface area contributed by atoms with Gasteiger partial charge in [-0.2, -0.15) is 0 Å². The molecule has 109 valence electrons. The molecule has 0 saturated carbocycles. The molecule has 0 spiro atoms. The zero-order valence-corrected chi connectivity index (χ0v) is 15.1. The average molecular weight is 303 g/mol. The molecule has 0 N–H and O–H groups in total. The normalized spacial score (nSPS) is 22.7. The van der Waals surface area contributed by atoms with Crippen LogP contribution in [-0.2, 0) is 28.4 Å². The van der Waals surface area contributed by atoms with E-state index in [4.69, 9.17) is 28.4 Å². The van der Waals surface area contributed by atoms with Crippen LogP contribution in [-0.4, -0.2) is 131 Å². The Morgan fingerprint density at radius 1 is 0.263 bits per heavy atom. The van der Waals surface area contributed by atoms with Crippen LogP contribution in [0.2, 0.25) is 0 Å². The molecule has 1 aliphatic rings. The van der Waals surface area contributed by atoms with Gasteiger partial charge in [0.1, 0.15) is 0 Å². The van der Waals surface area contributed by atoms with Crippen molar-refractivity contribution in [1.82, 2.24) is 0 Å². The molecule has 19 heavy (non-hydrogen) atoms. The van der Waals surface area contributed by atoms with E-state index >= 15 is 0 Å². The van der Waals surface area contributed by atoms with Crippen LogP contribution in [0.3, 0.4) is 0 Å². The summed E-state index contributed by atoms with van der Waals surface area (Å²) in [5, 5.41) is 0. The number of ether oxygens (including phenoxy) is 6. The predicted octanol–water partition coefficient (Wildman–Crippen LogP) is -0.281. The van der Waals surface area contributed by atoms with Crippen molar-refractivity contribution in [3.8, 4) is 0 Å². The Balaban J connectivity index is 0.00000324. The van der Waals surface area contributed by atoms with Crippen LogP contribution in [0, 0.1) is 0 Å². The third-order valence-electron chi connectivity index (χ3n) is 2.23. The SMILES string of the molecule is C1COCCOCCOCCOCCOCCO1.[K]. The predicted molar refractivity (Wildman–Crippen MR) is 70.7 cm³/mol. The summed E-state index contributed by atoms with van der Waals surface area (Å²) in [5.41, 5.74) is 0. The van der Waals surface area contributed by atoms with Gasteiger partial charge in [-0.05, 0) is 0 Å². The average Bonchev–Trinajstić information content (AvgIpc) is 2.39. The maximum atomic E-state index is 5.33. The molecule has 1 rings (SSSR count). The van der Waals surface area contributed by atoms with Crippen LogP contribution >= 0.6 is 0 Å². The molecule has 7 heteroatoms. The van der Waals surface area contributed by atoms with Crippen LogP contribution in [0.1, 0.15) is 0 Å². The van der Waals surface area contributed by atoms with Gasteiger partial charge in [0.05, 0.1) is 79.3 Å². The second kappa shape index (κ2) is 17.4. The van der Waals surface area contributed by atoms with Crippen LogP contribution in [0.5, 0.6) is 0 Å². The Morgan fingerprint density at radius 3 is 0.474 bits per heavy atom. The molecule has 0 unspecified atom stereocenters. The molecular weight excluding hydrogens is 279 g/mol. The van der Waals surface area contributed by atoms with Crippen molar-refractivity contribution in [3.05, 3.63) is 0 Å². The zero-order chi connectivity index (χ0) is 12.7. The molecule has 0 bridgehead atoms. The first-order chi connectivity index (χ1) is 9.00. The van der Waals surface area contributed by atoms with E-state index in [9.17, 15) is 0 Å². The second-order valence-electron chi connectivity index (χ2n) is 3.67. The van der Waals surface area contributed by atoms with Crippen molar-refractivity contribution in [2.45, 2.75) is 0 Å². The summed E-state index contributed by atoms with van der Waals surface area (Å²) < 4.78 is 32.0. The van der Waals surface area contributed by atoms with Gasteiger partial charge >= 0.3 is 0 Å². The van der Waals surface area contributed by atoms with Crippen LogP contribution < -0.4 is 0 Å². The molecule has 0 aromatic rings. The van der Waals surface area contributed by atoms with Crippen molar-refractivity contribution in [3.63, 3.8) is 0 Å². The fourth-order valence-corrected chi connectivity index (χ4v) is 1.32. The minimum Gasteiger partial charge on any atom is -0.377 e. The Morgan fingerprint density at radius 2 is 0.368 bits per heavy atom. The van der Waals surface area contributed by atoms with E-state index in [-0.39, 0.29) is 51.4 Å². The van der Waals surface area contributed by atoms with Gasteiger partial charge in [-0.1, -0.05) is 0 Å². The quantitative estimate of drug-likeness (QED) is 0.574. The van der Waals surface area contributed by atoms with Crippen LogP contribution in [0.4, 0.5) is 0 Å². The third kappa shape index (κ3) is 15.6. The molecule has 1 heterocycles. The van der Waals surface area contributed by atoms with E-state index < -0.39 is 0 Å². The Kier molecular flexibility index (Phi) is 18.7. The van der Waals surface area contributed by atoms with Gasteiger partial charge in [0.15, 0.2) is 0 Å². The summed E-state index contributed by atoms with van der Waals surface area (Å²) in [6, 6.07) is 0. The van der Waals surface area contributed by atoms with Crippen molar-refractivity contribution >= 4 is 51.4 Å². The van der Waals surface area contributed by atoms with Crippen LogP contribution in [0.25, 0.3) is 0 Å². The standard InChI is InChI=1S/C12H24O6.K/c1-2-14-5-6-16-9-10-18-12-11-17-8-7-15-4-3-13-1;/h1-12H2;. The maximum Gasteiger partial charge on any atom is 0.0701 e. The van der Waals surface area contributed by atoms with E-state index in [1.807, 2.05) is 0 Å². The monoisotopic (exact) mass is 303 g/mol. The minimum atomic E-state index is 0. The summed E-state index contributed by atoms with van der Waals surface area (Å²) in [6.45, 7) is 7.04. The summed E-state index contributed by atoms with van der Waals surface area (Å²) in [4.78, 5) is 0. The van der Waals surface area contributed by atoms with Gasteiger partial charge in [0.2, 0.25) is 0 Å². The number of hydrogen-bond acceptors (Lipinski definition) is 6. The molecule has 0 aromatic heterocycles. The smallest absolute Gasteiger partial charge is 0.0701 e. The third-order valence-corrected chi connectivity index (χ3v) is 2.23. The van der Waals surface area contributed by atoms with E-state index in [0.29, 0.717) is 79.3 Å². The van der Waals surface area contributed by atoms with Crippen molar-refractivity contribution in [2.24, 2.45) is 0 Å². The van der Waals surface area contributed by atoms with E-state index in [2.05, 4.69) is 0 Å². The zero-order valence-electron chi connectivity index (χ0n) is 11.9. The molecule has 1 saturated heterocycles. The second-order valence-corrected chi connectivity index (χ2v) is 3.67. The first-order valence-electron chi connectivity index (χ1n) is 6.46. The molecule has 0 aromatic carbocycles. The minimum absolute atomic E-state index is 0. The molecule has 1 fully saturated rings. The van der Waals surface area contributed by atoms with Gasteiger partial charge in [0.25, 0.3) is 0 Å². The molecule has 6 nitrogen and oxygen atoms in total. The Labute approximate surface area is 157 Å². The summed E-state index contributed by atoms with van der Waals surface area (Å²) >= 11 is 0. The molecule has 1 radical (unpaired) electrons. The van der Waals surface area contributed by atoms with Gasteiger partial charge in [0, 0.05) is 51.4 Å². The van der Waals surface area contributed by atoms with E-state index in [1.165, 1.54) is 0 Å². The van der Waals surface area contributed by atoms with Crippen molar-refractivity contribution in [2.75, 3.05) is 79.3 Å². The Bertz CT molecular complexity index is 97.2. The maximum absolute atomic E-state index is 5.33. The molecule has 0 aliphatic carbocycles. The molecule has 0 atom stereocenters. The molecular formula is C12H24KO6. The van der Waals surface area contributed by atoms with Gasteiger partial charge < -0.3 is 28.4 Å². The fourth-order valence-electron chi connectivity index (χ4n) is 1.32. The fraction of sp³-hybridized carbons (Fsp3) is 1.00. The van der Waals surface area contributed by atoms with Gasteiger partial charge in [-0.25, -0.2) is 0 Å².